The number of hydrogen-bond acceptors (Lipinski definition) is 5. The number of rotatable bonds is 1. The number of nitrogen functional groups attached to an aromatic ring is 1. The summed E-state index contributed by atoms with van der Waals surface area (Å²) in [5.74, 6) is 0.259. The maximum atomic E-state index is 8.65. The summed E-state index contributed by atoms with van der Waals surface area (Å²) in [6.07, 6.45) is 1.86. The van der Waals surface area contributed by atoms with E-state index in [4.69, 9.17) is 11.0 Å². The lowest BCUT2D eigenvalue weighted by molar-refractivity contribution is 0.936. The van der Waals surface area contributed by atoms with E-state index in [2.05, 4.69) is 9.97 Å². The number of nitrogens with zero attached hydrogens (tertiary/aromatic N) is 3. The van der Waals surface area contributed by atoms with Crippen molar-refractivity contribution in [2.45, 2.75) is 12.1 Å². The summed E-state index contributed by atoms with van der Waals surface area (Å²) in [7, 11) is 0. The minimum Gasteiger partial charge on any atom is -0.382 e. The molecule has 0 radical (unpaired) electrons. The molecule has 0 spiro atoms. The van der Waals surface area contributed by atoms with E-state index in [1.807, 2.05) is 12.3 Å². The van der Waals surface area contributed by atoms with Gasteiger partial charge in [-0.2, -0.15) is 5.26 Å². The van der Waals surface area contributed by atoms with E-state index in [-0.39, 0.29) is 5.82 Å². The Bertz CT molecular complexity index is 319. The van der Waals surface area contributed by atoms with Gasteiger partial charge in [0.25, 0.3) is 0 Å². The number of aryl methyl sites for hydroxylation is 1. The topological polar surface area (TPSA) is 75.6 Å². The van der Waals surface area contributed by atoms with Crippen LogP contribution >= 0.6 is 11.8 Å². The Labute approximate surface area is 74.8 Å². The quantitative estimate of drug-likeness (QED) is 0.514. The highest BCUT2D eigenvalue weighted by atomic mass is 32.2. The standard InChI is InChI=1S/C7H8N4S/c1-4-5(3-8)6(9)11-7(10-4)12-2/h1-2H3,(H2,9,10,11). The molecule has 0 fully saturated rings. The number of hydrogen-bond donors (Lipinski definition) is 1. The Morgan fingerprint density at radius 3 is 2.58 bits per heavy atom. The van der Waals surface area contributed by atoms with Crippen molar-refractivity contribution in [2.24, 2.45) is 0 Å². The first-order valence-electron chi connectivity index (χ1n) is 3.27. The summed E-state index contributed by atoms with van der Waals surface area (Å²) in [6.45, 7) is 1.75. The summed E-state index contributed by atoms with van der Waals surface area (Å²) in [5, 5.41) is 9.25. The van der Waals surface area contributed by atoms with Crippen LogP contribution in [0.5, 0.6) is 0 Å². The van der Waals surface area contributed by atoms with Crippen molar-refractivity contribution in [3.8, 4) is 6.07 Å². The molecule has 1 rings (SSSR count). The molecule has 0 saturated heterocycles. The second-order valence-corrected chi connectivity index (χ2v) is 2.94. The molecule has 0 bridgehead atoms. The van der Waals surface area contributed by atoms with Gasteiger partial charge >= 0.3 is 0 Å². The lowest BCUT2D eigenvalue weighted by Crippen LogP contribution is -2.01. The van der Waals surface area contributed by atoms with Crippen molar-refractivity contribution in [1.29, 1.82) is 5.26 Å². The molecule has 0 aliphatic rings. The molecule has 0 atom stereocenters. The molecule has 0 aliphatic carbocycles. The lowest BCUT2D eigenvalue weighted by atomic mass is 10.2. The number of aromatic nitrogens is 2. The highest BCUT2D eigenvalue weighted by Gasteiger charge is 2.06. The van der Waals surface area contributed by atoms with Crippen molar-refractivity contribution in [1.82, 2.24) is 9.97 Å². The predicted octanol–water partition coefficient (Wildman–Crippen LogP) is 0.961. The van der Waals surface area contributed by atoms with Gasteiger partial charge in [0.05, 0.1) is 5.69 Å². The fraction of sp³-hybridized carbons (Fsp3) is 0.286. The molecule has 5 heteroatoms. The van der Waals surface area contributed by atoms with Crippen LogP contribution < -0.4 is 5.73 Å². The van der Waals surface area contributed by atoms with Crippen molar-refractivity contribution in [2.75, 3.05) is 12.0 Å². The predicted molar refractivity (Wildman–Crippen MR) is 47.7 cm³/mol. The largest absolute Gasteiger partial charge is 0.382 e. The number of thioether (sulfide) groups is 1. The molecule has 12 heavy (non-hydrogen) atoms. The second kappa shape index (κ2) is 3.41. The zero-order valence-corrected chi connectivity index (χ0v) is 7.64. The molecule has 1 aromatic rings. The van der Waals surface area contributed by atoms with E-state index in [0.717, 1.165) is 0 Å². The highest BCUT2D eigenvalue weighted by molar-refractivity contribution is 7.98. The molecule has 0 aliphatic heterocycles. The Morgan fingerprint density at radius 1 is 1.50 bits per heavy atom. The van der Waals surface area contributed by atoms with Gasteiger partial charge in [-0.15, -0.1) is 0 Å². The molecular weight excluding hydrogens is 172 g/mol. The maximum Gasteiger partial charge on any atom is 0.189 e. The van der Waals surface area contributed by atoms with Gasteiger partial charge in [0.15, 0.2) is 5.16 Å². The first-order chi connectivity index (χ1) is 5.69. The van der Waals surface area contributed by atoms with Gasteiger partial charge in [-0.3, -0.25) is 0 Å². The van der Waals surface area contributed by atoms with Crippen LogP contribution in [0.1, 0.15) is 11.3 Å². The van der Waals surface area contributed by atoms with Gasteiger partial charge in [-0.05, 0) is 13.2 Å². The van der Waals surface area contributed by atoms with Gasteiger partial charge in [-0.25, -0.2) is 9.97 Å². The van der Waals surface area contributed by atoms with Crippen molar-refractivity contribution < 1.29 is 0 Å². The first kappa shape index (κ1) is 8.81. The molecule has 0 amide bonds. The van der Waals surface area contributed by atoms with Crippen molar-refractivity contribution in [3.05, 3.63) is 11.3 Å². The highest BCUT2D eigenvalue weighted by Crippen LogP contribution is 2.16. The SMILES string of the molecule is CSc1nc(C)c(C#N)c(N)n1. The minimum absolute atomic E-state index is 0.259. The molecule has 0 saturated carbocycles. The summed E-state index contributed by atoms with van der Waals surface area (Å²) in [4.78, 5) is 8.00. The monoisotopic (exact) mass is 180 g/mol. The van der Waals surface area contributed by atoms with Crippen LogP contribution in [0.25, 0.3) is 0 Å². The van der Waals surface area contributed by atoms with Crippen LogP contribution in [0.15, 0.2) is 5.16 Å². The van der Waals surface area contributed by atoms with Crippen molar-refractivity contribution in [3.63, 3.8) is 0 Å². The number of nitrogens with two attached hydrogens (primary N) is 1. The molecular formula is C7H8N4S. The van der Waals surface area contributed by atoms with Crippen LogP contribution in [0, 0.1) is 18.3 Å². The van der Waals surface area contributed by atoms with E-state index < -0.39 is 0 Å². The zero-order valence-electron chi connectivity index (χ0n) is 6.83. The summed E-state index contributed by atoms with van der Waals surface area (Å²) in [5.41, 5.74) is 6.52. The smallest absolute Gasteiger partial charge is 0.189 e. The van der Waals surface area contributed by atoms with Crippen molar-refractivity contribution >= 4 is 17.6 Å². The van der Waals surface area contributed by atoms with Gasteiger partial charge in [-0.1, -0.05) is 11.8 Å². The fourth-order valence-electron chi connectivity index (χ4n) is 0.798. The van der Waals surface area contributed by atoms with E-state index in [9.17, 15) is 0 Å². The van der Waals surface area contributed by atoms with Gasteiger partial charge < -0.3 is 5.73 Å². The summed E-state index contributed by atoms with van der Waals surface area (Å²) in [6, 6.07) is 1.96. The van der Waals surface area contributed by atoms with E-state index >= 15 is 0 Å². The lowest BCUT2D eigenvalue weighted by Gasteiger charge is -2.01. The Morgan fingerprint density at radius 2 is 2.17 bits per heavy atom. The minimum atomic E-state index is 0.259. The summed E-state index contributed by atoms with van der Waals surface area (Å²) < 4.78 is 0. The molecule has 4 nitrogen and oxygen atoms in total. The van der Waals surface area contributed by atoms with E-state index in [0.29, 0.717) is 16.4 Å². The second-order valence-electron chi connectivity index (χ2n) is 2.17. The molecule has 1 heterocycles. The van der Waals surface area contributed by atoms with Crippen LogP contribution in [-0.2, 0) is 0 Å². The third kappa shape index (κ3) is 1.48. The van der Waals surface area contributed by atoms with Crippen LogP contribution in [-0.4, -0.2) is 16.2 Å². The maximum absolute atomic E-state index is 8.65. The van der Waals surface area contributed by atoms with Gasteiger partial charge in [0.2, 0.25) is 0 Å². The average Bonchev–Trinajstić information content (AvgIpc) is 2.03. The Hall–Kier alpha value is -1.28. The van der Waals surface area contributed by atoms with Crippen LogP contribution in [0.3, 0.4) is 0 Å². The summed E-state index contributed by atoms with van der Waals surface area (Å²) >= 11 is 1.40. The molecule has 0 aromatic carbocycles. The fourth-order valence-corrected chi connectivity index (χ4v) is 1.22. The molecule has 1 aromatic heterocycles. The van der Waals surface area contributed by atoms with Crippen LogP contribution in [0.2, 0.25) is 0 Å². The van der Waals surface area contributed by atoms with E-state index in [1.165, 1.54) is 11.8 Å². The zero-order chi connectivity index (χ0) is 9.14. The van der Waals surface area contributed by atoms with Crippen LogP contribution in [0.4, 0.5) is 5.82 Å². The molecule has 2 N–H and O–H groups in total. The molecule has 62 valence electrons. The Kier molecular flexibility index (Phi) is 2.51. The first-order valence-corrected chi connectivity index (χ1v) is 4.49. The Balaban J connectivity index is 3.30. The third-order valence-electron chi connectivity index (χ3n) is 1.39. The number of nitriles is 1. The van der Waals surface area contributed by atoms with Gasteiger partial charge in [0.1, 0.15) is 17.5 Å². The van der Waals surface area contributed by atoms with E-state index in [1.54, 1.807) is 6.92 Å². The third-order valence-corrected chi connectivity index (χ3v) is 1.94. The van der Waals surface area contributed by atoms with Gasteiger partial charge in [0, 0.05) is 0 Å². The normalized spacial score (nSPS) is 9.42. The average molecular weight is 180 g/mol. The number of anilines is 1. The molecule has 0 unspecified atom stereocenters.